The third-order valence-corrected chi connectivity index (χ3v) is 3.50. The average Bonchev–Trinajstić information content (AvgIpc) is 2.84. The van der Waals surface area contributed by atoms with E-state index in [1.165, 1.54) is 4.90 Å². The van der Waals surface area contributed by atoms with Gasteiger partial charge in [0.05, 0.1) is 0 Å². The number of imidazole rings is 1. The van der Waals surface area contributed by atoms with Crippen LogP contribution in [0.25, 0.3) is 0 Å². The van der Waals surface area contributed by atoms with Crippen LogP contribution >= 0.6 is 0 Å². The molecule has 1 aromatic rings. The van der Waals surface area contributed by atoms with Crippen molar-refractivity contribution < 1.29 is 22.7 Å². The standard InChI is InChI=1S/C13H18F3N3O2/c1-18(12(20)8-21-9-13(14,15)16)7-10-2-4-19-5-3-17-11(19)6-10/h3,5,10H,2,4,6-9H2,1H3/t10-/m1/s1. The van der Waals surface area contributed by atoms with Crippen LogP contribution in [0.4, 0.5) is 13.2 Å². The first-order chi connectivity index (χ1) is 9.85. The molecule has 0 saturated carbocycles. The Labute approximate surface area is 120 Å². The minimum atomic E-state index is -4.40. The summed E-state index contributed by atoms with van der Waals surface area (Å²) in [7, 11) is 1.58. The van der Waals surface area contributed by atoms with E-state index in [0.29, 0.717) is 6.54 Å². The van der Waals surface area contributed by atoms with Crippen LogP contribution in [-0.4, -0.2) is 53.3 Å². The molecule has 0 N–H and O–H groups in total. The predicted molar refractivity (Wildman–Crippen MR) is 68.5 cm³/mol. The Morgan fingerprint density at radius 1 is 1.57 bits per heavy atom. The number of ether oxygens (including phenoxy) is 1. The van der Waals surface area contributed by atoms with Crippen LogP contribution in [-0.2, 0) is 22.5 Å². The lowest BCUT2D eigenvalue weighted by molar-refractivity contribution is -0.177. The molecule has 0 spiro atoms. The fraction of sp³-hybridized carbons (Fsp3) is 0.692. The topological polar surface area (TPSA) is 47.4 Å². The molecule has 2 heterocycles. The predicted octanol–water partition coefficient (Wildman–Crippen LogP) is 1.48. The maximum absolute atomic E-state index is 11.9. The molecule has 0 fully saturated rings. The zero-order chi connectivity index (χ0) is 15.5. The number of aromatic nitrogens is 2. The SMILES string of the molecule is CN(C[C@@H]1CCn2ccnc2C1)C(=O)COCC(F)(F)F. The Hall–Kier alpha value is -1.57. The molecule has 1 aliphatic heterocycles. The van der Waals surface area contributed by atoms with E-state index >= 15 is 0 Å². The first kappa shape index (κ1) is 15.8. The number of rotatable bonds is 5. The van der Waals surface area contributed by atoms with Crippen molar-refractivity contribution in [3.8, 4) is 0 Å². The molecule has 0 unspecified atom stereocenters. The van der Waals surface area contributed by atoms with Crippen molar-refractivity contribution in [3.63, 3.8) is 0 Å². The summed E-state index contributed by atoms with van der Waals surface area (Å²) in [4.78, 5) is 17.4. The number of carbonyl (C=O) groups excluding carboxylic acids is 1. The number of fused-ring (bicyclic) bond motifs is 1. The van der Waals surface area contributed by atoms with Gasteiger partial charge in [0.1, 0.15) is 19.0 Å². The van der Waals surface area contributed by atoms with Crippen molar-refractivity contribution in [2.75, 3.05) is 26.8 Å². The first-order valence-corrected chi connectivity index (χ1v) is 6.73. The van der Waals surface area contributed by atoms with Gasteiger partial charge in [-0.15, -0.1) is 0 Å². The number of alkyl halides is 3. The van der Waals surface area contributed by atoms with E-state index in [1.807, 2.05) is 6.20 Å². The third-order valence-electron chi connectivity index (χ3n) is 3.50. The molecule has 118 valence electrons. The Bertz CT molecular complexity index is 487. The van der Waals surface area contributed by atoms with Gasteiger partial charge in [-0.2, -0.15) is 13.2 Å². The maximum Gasteiger partial charge on any atom is 0.411 e. The molecule has 0 radical (unpaired) electrons. The van der Waals surface area contributed by atoms with E-state index in [4.69, 9.17) is 0 Å². The van der Waals surface area contributed by atoms with Crippen LogP contribution in [0, 0.1) is 5.92 Å². The van der Waals surface area contributed by atoms with Gasteiger partial charge in [-0.1, -0.05) is 0 Å². The van der Waals surface area contributed by atoms with E-state index in [9.17, 15) is 18.0 Å². The molecule has 0 bridgehead atoms. The fourth-order valence-corrected chi connectivity index (χ4v) is 2.42. The third kappa shape index (κ3) is 4.73. The number of amides is 1. The molecular weight excluding hydrogens is 287 g/mol. The van der Waals surface area contributed by atoms with E-state index in [2.05, 4.69) is 14.3 Å². The fourth-order valence-electron chi connectivity index (χ4n) is 2.42. The smallest absolute Gasteiger partial charge is 0.362 e. The van der Waals surface area contributed by atoms with Gasteiger partial charge in [0.2, 0.25) is 5.91 Å². The lowest BCUT2D eigenvalue weighted by Crippen LogP contribution is -2.37. The van der Waals surface area contributed by atoms with E-state index in [0.717, 1.165) is 25.2 Å². The van der Waals surface area contributed by atoms with Crippen LogP contribution in [0.3, 0.4) is 0 Å². The monoisotopic (exact) mass is 305 g/mol. The van der Waals surface area contributed by atoms with Gasteiger partial charge in [-0.25, -0.2) is 4.98 Å². The number of hydrogen-bond acceptors (Lipinski definition) is 3. The average molecular weight is 305 g/mol. The Morgan fingerprint density at radius 2 is 2.33 bits per heavy atom. The molecule has 21 heavy (non-hydrogen) atoms. The summed E-state index contributed by atoms with van der Waals surface area (Å²) >= 11 is 0. The number of aryl methyl sites for hydroxylation is 1. The molecule has 0 aromatic carbocycles. The second-order valence-electron chi connectivity index (χ2n) is 5.28. The highest BCUT2D eigenvalue weighted by atomic mass is 19.4. The number of likely N-dealkylation sites (N-methyl/N-ethyl adjacent to an activating group) is 1. The summed E-state index contributed by atoms with van der Waals surface area (Å²) in [5.74, 6) is 0.824. The highest BCUT2D eigenvalue weighted by Crippen LogP contribution is 2.20. The summed E-state index contributed by atoms with van der Waals surface area (Å²) in [6.07, 6.45) is 0.959. The highest BCUT2D eigenvalue weighted by Gasteiger charge is 2.28. The number of nitrogens with zero attached hydrogens (tertiary/aromatic N) is 3. The van der Waals surface area contributed by atoms with Gasteiger partial charge in [0.15, 0.2) is 0 Å². The minimum absolute atomic E-state index is 0.275. The number of carbonyl (C=O) groups is 1. The van der Waals surface area contributed by atoms with Crippen LogP contribution in [0.1, 0.15) is 12.2 Å². The van der Waals surface area contributed by atoms with Crippen molar-refractivity contribution in [1.29, 1.82) is 0 Å². The Balaban J connectivity index is 1.74. The lowest BCUT2D eigenvalue weighted by atomic mass is 9.97. The minimum Gasteiger partial charge on any atom is -0.362 e. The Morgan fingerprint density at radius 3 is 3.05 bits per heavy atom. The molecule has 1 aliphatic rings. The summed E-state index contributed by atoms with van der Waals surface area (Å²) in [5.41, 5.74) is 0. The molecule has 1 amide bonds. The van der Waals surface area contributed by atoms with Crippen LogP contribution in [0.5, 0.6) is 0 Å². The quantitative estimate of drug-likeness (QED) is 0.828. The van der Waals surface area contributed by atoms with Crippen LogP contribution in [0.2, 0.25) is 0 Å². The maximum atomic E-state index is 11.9. The Kier molecular flexibility index (Phi) is 4.87. The van der Waals surface area contributed by atoms with E-state index < -0.39 is 25.3 Å². The zero-order valence-corrected chi connectivity index (χ0v) is 11.8. The largest absolute Gasteiger partial charge is 0.411 e. The van der Waals surface area contributed by atoms with Crippen LogP contribution < -0.4 is 0 Å². The van der Waals surface area contributed by atoms with E-state index in [1.54, 1.807) is 13.2 Å². The zero-order valence-electron chi connectivity index (χ0n) is 11.8. The second-order valence-corrected chi connectivity index (χ2v) is 5.28. The van der Waals surface area contributed by atoms with Crippen molar-refractivity contribution in [2.24, 2.45) is 5.92 Å². The molecule has 0 saturated heterocycles. The van der Waals surface area contributed by atoms with Gasteiger partial charge in [0, 0.05) is 39.0 Å². The van der Waals surface area contributed by atoms with Crippen molar-refractivity contribution in [3.05, 3.63) is 18.2 Å². The van der Waals surface area contributed by atoms with Crippen LogP contribution in [0.15, 0.2) is 12.4 Å². The molecule has 1 atom stereocenters. The van der Waals surface area contributed by atoms with E-state index in [-0.39, 0.29) is 5.92 Å². The lowest BCUT2D eigenvalue weighted by Gasteiger charge is -2.27. The van der Waals surface area contributed by atoms with Crippen molar-refractivity contribution in [2.45, 2.75) is 25.6 Å². The first-order valence-electron chi connectivity index (χ1n) is 6.73. The summed E-state index contributed by atoms with van der Waals surface area (Å²) < 4.78 is 42.2. The van der Waals surface area contributed by atoms with Gasteiger partial charge in [-0.3, -0.25) is 4.79 Å². The molecular formula is C13H18F3N3O2. The van der Waals surface area contributed by atoms with Gasteiger partial charge < -0.3 is 14.2 Å². The number of hydrogen-bond donors (Lipinski definition) is 0. The van der Waals surface area contributed by atoms with Gasteiger partial charge in [0.25, 0.3) is 0 Å². The molecule has 5 nitrogen and oxygen atoms in total. The van der Waals surface area contributed by atoms with Crippen molar-refractivity contribution >= 4 is 5.91 Å². The van der Waals surface area contributed by atoms with Gasteiger partial charge >= 0.3 is 6.18 Å². The molecule has 1 aromatic heterocycles. The molecule has 2 rings (SSSR count). The summed E-state index contributed by atoms with van der Waals surface area (Å²) in [5, 5.41) is 0. The molecule has 8 heteroatoms. The highest BCUT2D eigenvalue weighted by molar-refractivity contribution is 5.77. The van der Waals surface area contributed by atoms with Gasteiger partial charge in [-0.05, 0) is 12.3 Å². The summed E-state index contributed by atoms with van der Waals surface area (Å²) in [6.45, 7) is -0.585. The normalized spacial score (nSPS) is 18.4. The molecule has 0 aliphatic carbocycles. The number of halogens is 3. The van der Waals surface area contributed by atoms with Crippen molar-refractivity contribution in [1.82, 2.24) is 14.5 Å². The second kappa shape index (κ2) is 6.46. The summed E-state index contributed by atoms with van der Waals surface area (Å²) in [6, 6.07) is 0.